The van der Waals surface area contributed by atoms with Gasteiger partial charge in [-0.3, -0.25) is 4.57 Å². The Morgan fingerprint density at radius 2 is 2.00 bits per heavy atom. The van der Waals surface area contributed by atoms with Crippen LogP contribution in [0.1, 0.15) is 25.3 Å². The Bertz CT molecular complexity index is 305. The first-order valence-electron chi connectivity index (χ1n) is 4.29. The molecule has 0 heterocycles. The van der Waals surface area contributed by atoms with E-state index in [2.05, 4.69) is 6.92 Å². The van der Waals surface area contributed by atoms with Crippen molar-refractivity contribution in [3.8, 4) is 0 Å². The summed E-state index contributed by atoms with van der Waals surface area (Å²) in [6, 6.07) is 7.26. The molecule has 0 aliphatic heterocycles. The van der Waals surface area contributed by atoms with Crippen molar-refractivity contribution in [1.82, 2.24) is 0 Å². The van der Waals surface area contributed by atoms with Crippen LogP contribution in [0.2, 0.25) is 0 Å². The fraction of sp³-hybridized carbons (Fsp3) is 0.300. The van der Waals surface area contributed by atoms with Crippen molar-refractivity contribution >= 4 is 19.5 Å². The molecule has 1 rings (SSSR count). The van der Waals surface area contributed by atoms with E-state index in [9.17, 15) is 4.57 Å². The van der Waals surface area contributed by atoms with Gasteiger partial charge in [0, 0.05) is 11.0 Å². The van der Waals surface area contributed by atoms with Gasteiger partial charge in [-0.25, -0.2) is 0 Å². The van der Waals surface area contributed by atoms with E-state index in [1.54, 1.807) is 12.1 Å². The molecule has 0 saturated heterocycles. The zero-order valence-corrected chi connectivity index (χ0v) is 8.47. The van der Waals surface area contributed by atoms with Gasteiger partial charge in [-0.05, 0) is 24.1 Å². The fourth-order valence-corrected chi connectivity index (χ4v) is 1.39. The normalized spacial score (nSPS) is 10.2. The number of benzene rings is 1. The fourth-order valence-electron chi connectivity index (χ4n) is 1.12. The maximum atomic E-state index is 10.5. The summed E-state index contributed by atoms with van der Waals surface area (Å²) in [6.07, 6.45) is 1.79. The summed E-state index contributed by atoms with van der Waals surface area (Å²) in [7, 11) is 0.0412. The van der Waals surface area contributed by atoms with Crippen LogP contribution >= 0.6 is 8.46 Å². The zero-order chi connectivity index (χ0) is 9.68. The number of hydrogen-bond acceptors (Lipinski definition) is 2. The van der Waals surface area contributed by atoms with Gasteiger partial charge in [-0.1, -0.05) is 25.5 Å². The van der Waals surface area contributed by atoms with Gasteiger partial charge >= 0.3 is 0 Å². The van der Waals surface area contributed by atoms with E-state index in [1.165, 1.54) is 0 Å². The number of nitrogens with one attached hydrogen (secondary N) is 1. The standard InChI is InChI=1S/C10H12NOP/c1-2-3-10(11)8-4-6-9(13-12)7-5-8/h4-7,11H,2-3H2,1H3. The third-order valence-electron chi connectivity index (χ3n) is 1.82. The van der Waals surface area contributed by atoms with E-state index in [-0.39, 0.29) is 8.46 Å². The zero-order valence-electron chi connectivity index (χ0n) is 7.58. The highest BCUT2D eigenvalue weighted by Gasteiger charge is 1.99. The first-order chi connectivity index (χ1) is 6.27. The maximum Gasteiger partial charge on any atom is 0.192 e. The van der Waals surface area contributed by atoms with Crippen LogP contribution in [-0.2, 0) is 4.57 Å². The Balaban J connectivity index is 2.79. The Morgan fingerprint density at radius 3 is 2.46 bits per heavy atom. The van der Waals surface area contributed by atoms with Crippen molar-refractivity contribution in [3.05, 3.63) is 29.8 Å². The smallest absolute Gasteiger partial charge is 0.192 e. The molecule has 1 aromatic rings. The van der Waals surface area contributed by atoms with E-state index in [0.717, 1.165) is 23.7 Å². The Morgan fingerprint density at radius 1 is 1.38 bits per heavy atom. The summed E-state index contributed by atoms with van der Waals surface area (Å²) >= 11 is 0. The average Bonchev–Trinajstić information content (AvgIpc) is 2.18. The third-order valence-corrected chi connectivity index (χ3v) is 2.33. The van der Waals surface area contributed by atoms with Crippen molar-refractivity contribution in [2.24, 2.45) is 0 Å². The summed E-state index contributed by atoms with van der Waals surface area (Å²) in [5, 5.41) is 8.43. The second-order valence-corrected chi connectivity index (χ2v) is 3.57. The molecule has 13 heavy (non-hydrogen) atoms. The van der Waals surface area contributed by atoms with Gasteiger partial charge in [0.2, 0.25) is 0 Å². The topological polar surface area (TPSA) is 40.9 Å². The van der Waals surface area contributed by atoms with E-state index in [1.807, 2.05) is 12.1 Å². The van der Waals surface area contributed by atoms with Gasteiger partial charge in [0.25, 0.3) is 0 Å². The van der Waals surface area contributed by atoms with E-state index in [4.69, 9.17) is 5.41 Å². The molecule has 0 unspecified atom stereocenters. The van der Waals surface area contributed by atoms with E-state index < -0.39 is 0 Å². The van der Waals surface area contributed by atoms with Crippen LogP contribution in [0.5, 0.6) is 0 Å². The predicted molar refractivity (Wildman–Crippen MR) is 55.4 cm³/mol. The van der Waals surface area contributed by atoms with Crippen LogP contribution in [0.4, 0.5) is 0 Å². The molecule has 0 bridgehead atoms. The molecule has 0 saturated carbocycles. The second-order valence-electron chi connectivity index (χ2n) is 2.87. The largest absolute Gasteiger partial charge is 0.305 e. The molecule has 68 valence electrons. The highest BCUT2D eigenvalue weighted by molar-refractivity contribution is 7.34. The molecule has 0 aliphatic rings. The highest BCUT2D eigenvalue weighted by atomic mass is 31.1. The van der Waals surface area contributed by atoms with Crippen molar-refractivity contribution in [1.29, 1.82) is 5.41 Å². The average molecular weight is 193 g/mol. The molecular weight excluding hydrogens is 181 g/mol. The molecule has 2 nitrogen and oxygen atoms in total. The first kappa shape index (κ1) is 10.1. The van der Waals surface area contributed by atoms with Crippen LogP contribution in [0.25, 0.3) is 0 Å². The quantitative estimate of drug-likeness (QED) is 0.579. The molecule has 0 atom stereocenters. The molecule has 3 heteroatoms. The number of hydrogen-bond donors (Lipinski definition) is 1. The minimum atomic E-state index is 0.0412. The summed E-state index contributed by atoms with van der Waals surface area (Å²) < 4.78 is 10.5. The molecule has 0 aromatic heterocycles. The summed E-state index contributed by atoms with van der Waals surface area (Å²) in [5.41, 5.74) is 1.57. The molecule has 0 radical (unpaired) electrons. The minimum Gasteiger partial charge on any atom is -0.305 e. The lowest BCUT2D eigenvalue weighted by atomic mass is 10.1. The molecule has 0 aliphatic carbocycles. The lowest BCUT2D eigenvalue weighted by Gasteiger charge is -2.01. The lowest BCUT2D eigenvalue weighted by Crippen LogP contribution is -2.00. The maximum absolute atomic E-state index is 10.5. The summed E-state index contributed by atoms with van der Waals surface area (Å²) in [5.74, 6) is 0. The van der Waals surface area contributed by atoms with Gasteiger partial charge in [-0.15, -0.1) is 0 Å². The van der Waals surface area contributed by atoms with Crippen LogP contribution < -0.4 is 5.30 Å². The van der Waals surface area contributed by atoms with Crippen LogP contribution in [0.3, 0.4) is 0 Å². The van der Waals surface area contributed by atoms with Crippen LogP contribution in [-0.4, -0.2) is 5.71 Å². The van der Waals surface area contributed by atoms with Gasteiger partial charge in [0.05, 0.1) is 0 Å². The third kappa shape index (κ3) is 2.74. The molecule has 0 spiro atoms. The van der Waals surface area contributed by atoms with Crippen molar-refractivity contribution < 1.29 is 4.57 Å². The molecule has 1 aromatic carbocycles. The second kappa shape index (κ2) is 4.88. The lowest BCUT2D eigenvalue weighted by molar-refractivity contribution is 0.603. The Kier molecular flexibility index (Phi) is 3.78. The van der Waals surface area contributed by atoms with Gasteiger partial charge in [0.1, 0.15) is 0 Å². The van der Waals surface area contributed by atoms with E-state index >= 15 is 0 Å². The predicted octanol–water partition coefficient (Wildman–Crippen LogP) is 2.77. The SMILES string of the molecule is CCCC(=N)c1ccc(P=O)cc1. The molecular formula is C10H12NOP. The van der Waals surface area contributed by atoms with E-state index in [0.29, 0.717) is 5.71 Å². The Labute approximate surface area is 79.7 Å². The summed E-state index contributed by atoms with van der Waals surface area (Å²) in [6.45, 7) is 2.05. The molecule has 0 fully saturated rings. The monoisotopic (exact) mass is 193 g/mol. The Hall–Kier alpha value is -1.01. The van der Waals surface area contributed by atoms with Gasteiger partial charge in [-0.2, -0.15) is 0 Å². The van der Waals surface area contributed by atoms with Crippen molar-refractivity contribution in [2.45, 2.75) is 19.8 Å². The molecule has 1 N–H and O–H groups in total. The van der Waals surface area contributed by atoms with Crippen molar-refractivity contribution in [2.75, 3.05) is 0 Å². The summed E-state index contributed by atoms with van der Waals surface area (Å²) in [4.78, 5) is 0. The van der Waals surface area contributed by atoms with Gasteiger partial charge in [0.15, 0.2) is 8.46 Å². The van der Waals surface area contributed by atoms with Gasteiger partial charge < -0.3 is 5.41 Å². The van der Waals surface area contributed by atoms with Crippen LogP contribution in [0.15, 0.2) is 24.3 Å². The minimum absolute atomic E-state index is 0.0412. The first-order valence-corrected chi connectivity index (χ1v) is 5.10. The highest BCUT2D eigenvalue weighted by Crippen LogP contribution is 2.05. The van der Waals surface area contributed by atoms with Crippen molar-refractivity contribution in [3.63, 3.8) is 0 Å². The molecule has 0 amide bonds. The number of rotatable bonds is 4. The van der Waals surface area contributed by atoms with Crippen LogP contribution in [0, 0.1) is 5.41 Å².